The van der Waals surface area contributed by atoms with Crippen LogP contribution in [0, 0.1) is 0 Å². The van der Waals surface area contributed by atoms with Gasteiger partial charge in [0.1, 0.15) is 6.04 Å². The van der Waals surface area contributed by atoms with Gasteiger partial charge in [-0.15, -0.1) is 0 Å². The molecule has 0 radical (unpaired) electrons. The van der Waals surface area contributed by atoms with Gasteiger partial charge in [-0.3, -0.25) is 4.79 Å². The maximum absolute atomic E-state index is 11.5. The Morgan fingerprint density at radius 2 is 2.12 bits per heavy atom. The first-order valence-electron chi connectivity index (χ1n) is 5.66. The van der Waals surface area contributed by atoms with Crippen molar-refractivity contribution in [2.75, 3.05) is 11.9 Å². The Morgan fingerprint density at radius 3 is 2.82 bits per heavy atom. The minimum Gasteiger partial charge on any atom is -0.354 e. The van der Waals surface area contributed by atoms with Gasteiger partial charge in [-0.25, -0.2) is 0 Å². The van der Waals surface area contributed by atoms with E-state index in [0.29, 0.717) is 5.11 Å². The molecular formula is C12H15N3OS. The van der Waals surface area contributed by atoms with Crippen LogP contribution in [-0.4, -0.2) is 23.6 Å². The molecule has 1 aliphatic rings. The summed E-state index contributed by atoms with van der Waals surface area (Å²) >= 11 is 5.17. The molecule has 0 bridgehead atoms. The molecular weight excluding hydrogens is 234 g/mol. The highest BCUT2D eigenvalue weighted by molar-refractivity contribution is 7.80. The van der Waals surface area contributed by atoms with Crippen molar-refractivity contribution in [3.05, 3.63) is 30.3 Å². The van der Waals surface area contributed by atoms with Crippen LogP contribution < -0.4 is 16.0 Å². The van der Waals surface area contributed by atoms with Crippen molar-refractivity contribution < 1.29 is 4.79 Å². The molecule has 1 saturated heterocycles. The maximum Gasteiger partial charge on any atom is 0.242 e. The Labute approximate surface area is 106 Å². The lowest BCUT2D eigenvalue weighted by Gasteiger charge is -2.24. The van der Waals surface area contributed by atoms with Gasteiger partial charge in [0.15, 0.2) is 5.11 Å². The lowest BCUT2D eigenvalue weighted by atomic mass is 10.1. The van der Waals surface area contributed by atoms with E-state index in [1.807, 2.05) is 30.3 Å². The average Bonchev–Trinajstić information content (AvgIpc) is 2.33. The number of carbonyl (C=O) groups excluding carboxylic acids is 1. The highest BCUT2D eigenvalue weighted by Crippen LogP contribution is 2.06. The number of carbonyl (C=O) groups is 1. The van der Waals surface area contributed by atoms with Crippen molar-refractivity contribution in [1.29, 1.82) is 0 Å². The fourth-order valence-electron chi connectivity index (χ4n) is 1.76. The van der Waals surface area contributed by atoms with Crippen molar-refractivity contribution in [2.45, 2.75) is 18.9 Å². The van der Waals surface area contributed by atoms with Gasteiger partial charge >= 0.3 is 0 Å². The summed E-state index contributed by atoms with van der Waals surface area (Å²) in [6, 6.07) is 9.43. The van der Waals surface area contributed by atoms with E-state index in [9.17, 15) is 4.79 Å². The van der Waals surface area contributed by atoms with Crippen LogP contribution in [0.3, 0.4) is 0 Å². The Bertz CT molecular complexity index is 407. The summed E-state index contributed by atoms with van der Waals surface area (Å²) in [5.74, 6) is 0.0217. The van der Waals surface area contributed by atoms with Crippen molar-refractivity contribution in [3.63, 3.8) is 0 Å². The molecule has 1 aromatic rings. The summed E-state index contributed by atoms with van der Waals surface area (Å²) in [5, 5.41) is 9.37. The summed E-state index contributed by atoms with van der Waals surface area (Å²) in [6.45, 7) is 0.760. The number of rotatable bonds is 2. The Balaban J connectivity index is 1.87. The number of benzene rings is 1. The predicted molar refractivity (Wildman–Crippen MR) is 71.8 cm³/mol. The average molecular weight is 249 g/mol. The smallest absolute Gasteiger partial charge is 0.242 e. The zero-order valence-corrected chi connectivity index (χ0v) is 10.2. The summed E-state index contributed by atoms with van der Waals surface area (Å²) < 4.78 is 0. The zero-order valence-electron chi connectivity index (χ0n) is 9.40. The van der Waals surface area contributed by atoms with E-state index in [1.165, 1.54) is 0 Å². The van der Waals surface area contributed by atoms with Crippen molar-refractivity contribution in [1.82, 2.24) is 10.6 Å². The van der Waals surface area contributed by atoms with E-state index in [-0.39, 0.29) is 11.9 Å². The number of para-hydroxylation sites is 1. The first-order valence-corrected chi connectivity index (χ1v) is 6.07. The van der Waals surface area contributed by atoms with Crippen molar-refractivity contribution >= 4 is 28.9 Å². The SMILES string of the molecule is O=C1NCCCC1NC(=S)Nc1ccccc1. The van der Waals surface area contributed by atoms with Crippen molar-refractivity contribution in [3.8, 4) is 0 Å². The van der Waals surface area contributed by atoms with Gasteiger partial charge in [0.2, 0.25) is 5.91 Å². The third-order valence-electron chi connectivity index (χ3n) is 2.62. The number of nitrogens with one attached hydrogen (secondary N) is 3. The van der Waals surface area contributed by atoms with Crippen LogP contribution in [0.15, 0.2) is 30.3 Å². The van der Waals surface area contributed by atoms with Gasteiger partial charge in [-0.1, -0.05) is 18.2 Å². The summed E-state index contributed by atoms with van der Waals surface area (Å²) in [7, 11) is 0. The predicted octanol–water partition coefficient (Wildman–Crippen LogP) is 1.25. The van der Waals surface area contributed by atoms with E-state index < -0.39 is 0 Å². The molecule has 1 unspecified atom stereocenters. The molecule has 4 nitrogen and oxygen atoms in total. The highest BCUT2D eigenvalue weighted by Gasteiger charge is 2.22. The molecule has 1 aromatic carbocycles. The van der Waals surface area contributed by atoms with Crippen LogP contribution in [-0.2, 0) is 4.79 Å². The molecule has 1 atom stereocenters. The molecule has 0 aromatic heterocycles. The van der Waals surface area contributed by atoms with E-state index in [0.717, 1.165) is 25.1 Å². The van der Waals surface area contributed by atoms with Gasteiger partial charge < -0.3 is 16.0 Å². The monoisotopic (exact) mass is 249 g/mol. The topological polar surface area (TPSA) is 53.2 Å². The molecule has 1 fully saturated rings. The molecule has 1 aliphatic heterocycles. The van der Waals surface area contributed by atoms with Crippen LogP contribution in [0.1, 0.15) is 12.8 Å². The molecule has 2 rings (SSSR count). The molecule has 3 N–H and O–H groups in total. The highest BCUT2D eigenvalue weighted by atomic mass is 32.1. The molecule has 90 valence electrons. The third-order valence-corrected chi connectivity index (χ3v) is 2.84. The molecule has 17 heavy (non-hydrogen) atoms. The number of hydrogen-bond acceptors (Lipinski definition) is 2. The van der Waals surface area contributed by atoms with Crippen LogP contribution in [0.25, 0.3) is 0 Å². The van der Waals surface area contributed by atoms with Crippen LogP contribution in [0.4, 0.5) is 5.69 Å². The van der Waals surface area contributed by atoms with Gasteiger partial charge in [0.05, 0.1) is 0 Å². The quantitative estimate of drug-likeness (QED) is 0.691. The minimum absolute atomic E-state index is 0.0217. The standard InChI is InChI=1S/C12H15N3OS/c16-11-10(7-4-8-13-11)15-12(17)14-9-5-2-1-3-6-9/h1-3,5-6,10H,4,7-8H2,(H,13,16)(H2,14,15,17). The molecule has 1 amide bonds. The Hall–Kier alpha value is -1.62. The fraction of sp³-hybridized carbons (Fsp3) is 0.333. The van der Waals surface area contributed by atoms with Gasteiger partial charge in [0, 0.05) is 12.2 Å². The first-order chi connectivity index (χ1) is 8.25. The largest absolute Gasteiger partial charge is 0.354 e. The lowest BCUT2D eigenvalue weighted by molar-refractivity contribution is -0.124. The normalized spacial score (nSPS) is 19.3. The minimum atomic E-state index is -0.215. The number of hydrogen-bond donors (Lipinski definition) is 3. The second-order valence-electron chi connectivity index (χ2n) is 3.95. The fourth-order valence-corrected chi connectivity index (χ4v) is 2.02. The number of piperidine rings is 1. The molecule has 0 spiro atoms. The summed E-state index contributed by atoms with van der Waals surface area (Å²) in [4.78, 5) is 11.5. The maximum atomic E-state index is 11.5. The van der Waals surface area contributed by atoms with E-state index in [2.05, 4.69) is 16.0 Å². The molecule has 5 heteroatoms. The van der Waals surface area contributed by atoms with Gasteiger partial charge in [-0.05, 0) is 37.2 Å². The summed E-state index contributed by atoms with van der Waals surface area (Å²) in [5.41, 5.74) is 0.918. The zero-order chi connectivity index (χ0) is 12.1. The number of amides is 1. The third kappa shape index (κ3) is 3.42. The number of anilines is 1. The Morgan fingerprint density at radius 1 is 1.35 bits per heavy atom. The van der Waals surface area contributed by atoms with Gasteiger partial charge in [0.25, 0.3) is 0 Å². The van der Waals surface area contributed by atoms with Gasteiger partial charge in [-0.2, -0.15) is 0 Å². The first kappa shape index (κ1) is 11.9. The second kappa shape index (κ2) is 5.63. The summed E-state index contributed by atoms with van der Waals surface area (Å²) in [6.07, 6.45) is 1.81. The molecule has 0 aliphatic carbocycles. The van der Waals surface area contributed by atoms with E-state index >= 15 is 0 Å². The Kier molecular flexibility index (Phi) is 3.93. The number of thiocarbonyl (C=S) groups is 1. The van der Waals surface area contributed by atoms with Crippen LogP contribution >= 0.6 is 12.2 Å². The van der Waals surface area contributed by atoms with E-state index in [4.69, 9.17) is 12.2 Å². The lowest BCUT2D eigenvalue weighted by Crippen LogP contribution is -2.51. The van der Waals surface area contributed by atoms with Crippen LogP contribution in [0.5, 0.6) is 0 Å². The molecule has 1 heterocycles. The van der Waals surface area contributed by atoms with Crippen molar-refractivity contribution in [2.24, 2.45) is 0 Å². The molecule has 0 saturated carbocycles. The second-order valence-corrected chi connectivity index (χ2v) is 4.36. The van der Waals surface area contributed by atoms with Crippen LogP contribution in [0.2, 0.25) is 0 Å². The van der Waals surface area contributed by atoms with E-state index in [1.54, 1.807) is 0 Å².